The first-order valence-electron chi connectivity index (χ1n) is 18.1. The van der Waals surface area contributed by atoms with E-state index in [0.29, 0.717) is 0 Å². The minimum absolute atomic E-state index is 0.811. The van der Waals surface area contributed by atoms with Crippen LogP contribution in [0.4, 0.5) is 0 Å². The summed E-state index contributed by atoms with van der Waals surface area (Å²) >= 11 is 0. The van der Waals surface area contributed by atoms with Gasteiger partial charge in [-0.15, -0.1) is 0 Å². The van der Waals surface area contributed by atoms with E-state index in [9.17, 15) is 0 Å². The number of hydrogen-bond donors (Lipinski definition) is 0. The molecule has 8 nitrogen and oxygen atoms in total. The lowest BCUT2D eigenvalue weighted by molar-refractivity contribution is 1.33. The van der Waals surface area contributed by atoms with Gasteiger partial charge in [0.15, 0.2) is 5.65 Å². The number of hydrogen-bond acceptors (Lipinski definition) is 8. The molecule has 56 heavy (non-hydrogen) atoms. The SMILES string of the molecule is c1ccc2nc3ncccc3cc2c1.c1cnc2cc3cnccc3cc2c1.c1cnc2cc3ncccc3cc2c1.c1cnc2cc3ncccc3cc2c1. The van der Waals surface area contributed by atoms with Crippen LogP contribution in [0.5, 0.6) is 0 Å². The van der Waals surface area contributed by atoms with Crippen LogP contribution in [0.2, 0.25) is 0 Å². The Morgan fingerprint density at radius 3 is 1.18 bits per heavy atom. The maximum absolute atomic E-state index is 4.47. The Hall–Kier alpha value is -7.84. The normalized spacial score (nSPS) is 10.9. The second-order valence-electron chi connectivity index (χ2n) is 13.0. The fourth-order valence-electron chi connectivity index (χ4n) is 6.55. The average Bonchev–Trinajstić information content (AvgIpc) is 3.27. The summed E-state index contributed by atoms with van der Waals surface area (Å²) in [5.74, 6) is 0. The van der Waals surface area contributed by atoms with Crippen molar-refractivity contribution in [1.29, 1.82) is 0 Å². The van der Waals surface area contributed by atoms with Gasteiger partial charge in [0.1, 0.15) is 0 Å². The van der Waals surface area contributed by atoms with E-state index in [1.54, 1.807) is 31.0 Å². The quantitative estimate of drug-likeness (QED) is 0.143. The van der Waals surface area contributed by atoms with Crippen molar-refractivity contribution in [2.75, 3.05) is 0 Å². The number of benzene rings is 4. The van der Waals surface area contributed by atoms with Gasteiger partial charge in [0.25, 0.3) is 0 Å². The second-order valence-corrected chi connectivity index (χ2v) is 13.0. The third kappa shape index (κ3) is 7.48. The number of fused-ring (bicyclic) bond motifs is 8. The first kappa shape index (κ1) is 34.0. The maximum Gasteiger partial charge on any atom is 0.159 e. The lowest BCUT2D eigenvalue weighted by atomic mass is 10.1. The smallest absolute Gasteiger partial charge is 0.159 e. The number of para-hydroxylation sites is 1. The Kier molecular flexibility index (Phi) is 9.48. The summed E-state index contributed by atoms with van der Waals surface area (Å²) in [6.45, 7) is 0. The molecule has 0 fully saturated rings. The van der Waals surface area contributed by atoms with E-state index in [4.69, 9.17) is 0 Å². The van der Waals surface area contributed by atoms with Gasteiger partial charge in [-0.05, 0) is 102 Å². The molecule has 0 spiro atoms. The number of nitrogens with zero attached hydrogens (tertiary/aromatic N) is 8. The second kappa shape index (κ2) is 15.6. The molecule has 0 saturated carbocycles. The van der Waals surface area contributed by atoms with Crippen molar-refractivity contribution in [2.24, 2.45) is 0 Å². The number of pyridine rings is 8. The summed E-state index contributed by atoms with van der Waals surface area (Å²) in [4.78, 5) is 34.2. The van der Waals surface area contributed by atoms with E-state index in [1.807, 2.05) is 97.5 Å². The van der Waals surface area contributed by atoms with Crippen molar-refractivity contribution in [3.63, 3.8) is 0 Å². The minimum atomic E-state index is 0.811. The van der Waals surface area contributed by atoms with Gasteiger partial charge in [-0.2, -0.15) is 0 Å². The van der Waals surface area contributed by atoms with Crippen molar-refractivity contribution in [1.82, 2.24) is 39.9 Å². The average molecular weight is 721 g/mol. The Morgan fingerprint density at radius 1 is 0.250 bits per heavy atom. The number of rotatable bonds is 0. The Balaban J connectivity index is 0.0000000975. The van der Waals surface area contributed by atoms with Crippen LogP contribution >= 0.6 is 0 Å². The fourth-order valence-corrected chi connectivity index (χ4v) is 6.55. The van der Waals surface area contributed by atoms with Crippen molar-refractivity contribution in [3.05, 3.63) is 195 Å². The van der Waals surface area contributed by atoms with Crippen LogP contribution in [0.25, 0.3) is 87.2 Å². The van der Waals surface area contributed by atoms with Gasteiger partial charge in [-0.1, -0.05) is 48.5 Å². The molecule has 0 aliphatic rings. The molecule has 8 heterocycles. The van der Waals surface area contributed by atoms with Gasteiger partial charge in [0.2, 0.25) is 0 Å². The minimum Gasteiger partial charge on any atom is -0.264 e. The lowest BCUT2D eigenvalue weighted by Gasteiger charge is -1.99. The highest BCUT2D eigenvalue weighted by atomic mass is 14.8. The Bertz CT molecular complexity index is 2430. The first-order valence-corrected chi connectivity index (χ1v) is 18.1. The zero-order valence-corrected chi connectivity index (χ0v) is 30.1. The molecule has 0 aliphatic carbocycles. The predicted molar refractivity (Wildman–Crippen MR) is 228 cm³/mol. The molecule has 0 radical (unpaired) electrons. The van der Waals surface area contributed by atoms with E-state index in [0.717, 1.165) is 76.5 Å². The maximum atomic E-state index is 4.47. The molecule has 0 N–H and O–H groups in total. The van der Waals surface area contributed by atoms with Crippen molar-refractivity contribution < 1.29 is 0 Å². The van der Waals surface area contributed by atoms with Gasteiger partial charge < -0.3 is 0 Å². The molecule has 12 rings (SSSR count). The van der Waals surface area contributed by atoms with Crippen molar-refractivity contribution in [2.45, 2.75) is 0 Å². The lowest BCUT2D eigenvalue weighted by Crippen LogP contribution is -1.84. The summed E-state index contributed by atoms with van der Waals surface area (Å²) in [5.41, 5.74) is 6.83. The monoisotopic (exact) mass is 720 g/mol. The van der Waals surface area contributed by atoms with Gasteiger partial charge in [0, 0.05) is 92.7 Å². The topological polar surface area (TPSA) is 103 Å². The Labute approximate surface area is 321 Å². The largest absolute Gasteiger partial charge is 0.264 e. The third-order valence-corrected chi connectivity index (χ3v) is 9.31. The molecule has 0 unspecified atom stereocenters. The highest BCUT2D eigenvalue weighted by Crippen LogP contribution is 2.22. The molecule has 0 saturated heterocycles. The molecular formula is C48H32N8. The van der Waals surface area contributed by atoms with E-state index < -0.39 is 0 Å². The van der Waals surface area contributed by atoms with Crippen molar-refractivity contribution >= 4 is 87.2 Å². The van der Waals surface area contributed by atoms with Crippen LogP contribution in [0, 0.1) is 0 Å². The molecule has 4 aromatic carbocycles. The molecule has 0 aliphatic heterocycles. The molecule has 8 heteroatoms. The van der Waals surface area contributed by atoms with Crippen LogP contribution in [-0.2, 0) is 0 Å². The summed E-state index contributed by atoms with van der Waals surface area (Å²) < 4.78 is 0. The van der Waals surface area contributed by atoms with E-state index in [1.165, 1.54) is 10.8 Å². The molecule has 0 atom stereocenters. The third-order valence-electron chi connectivity index (χ3n) is 9.31. The summed E-state index contributed by atoms with van der Waals surface area (Å²) in [7, 11) is 0. The predicted octanol–water partition coefficient (Wildman–Crippen LogP) is 11.1. The zero-order valence-electron chi connectivity index (χ0n) is 30.1. The molecule has 264 valence electrons. The molecular weight excluding hydrogens is 689 g/mol. The van der Waals surface area contributed by atoms with Crippen LogP contribution < -0.4 is 0 Å². The highest BCUT2D eigenvalue weighted by molar-refractivity contribution is 5.97. The van der Waals surface area contributed by atoms with E-state index >= 15 is 0 Å². The zero-order chi connectivity index (χ0) is 37.5. The van der Waals surface area contributed by atoms with Crippen LogP contribution in [0.1, 0.15) is 0 Å². The standard InChI is InChI=1S/4C12H8N2/c2*1-3-9-7-10-4-2-6-14-12(10)8-11(9)13-5-1;1-2-10-6-9-3-5-13-8-11(9)7-12(10)14-4-1;1-2-6-11-9(4-1)8-10-5-3-7-13-12(10)14-11/h4*1-8H. The number of aromatic nitrogens is 8. The molecule has 0 amide bonds. The molecule has 0 bridgehead atoms. The van der Waals surface area contributed by atoms with Gasteiger partial charge in [-0.3, -0.25) is 29.9 Å². The van der Waals surface area contributed by atoms with Gasteiger partial charge in [-0.25, -0.2) is 9.97 Å². The molecule has 12 aromatic rings. The first-order chi connectivity index (χ1) is 27.7. The van der Waals surface area contributed by atoms with Gasteiger partial charge >= 0.3 is 0 Å². The summed E-state index contributed by atoms with van der Waals surface area (Å²) in [5, 5.41) is 10.4. The fraction of sp³-hybridized carbons (Fsp3) is 0. The van der Waals surface area contributed by atoms with Crippen LogP contribution in [-0.4, -0.2) is 39.9 Å². The Morgan fingerprint density at radius 2 is 0.643 bits per heavy atom. The van der Waals surface area contributed by atoms with Crippen LogP contribution in [0.15, 0.2) is 195 Å². The van der Waals surface area contributed by atoms with Gasteiger partial charge in [0.05, 0.1) is 33.1 Å². The summed E-state index contributed by atoms with van der Waals surface area (Å²) in [6.07, 6.45) is 14.5. The summed E-state index contributed by atoms with van der Waals surface area (Å²) in [6, 6.07) is 48.7. The highest BCUT2D eigenvalue weighted by Gasteiger charge is 2.01. The van der Waals surface area contributed by atoms with E-state index in [2.05, 4.69) is 107 Å². The van der Waals surface area contributed by atoms with Crippen molar-refractivity contribution in [3.8, 4) is 0 Å². The van der Waals surface area contributed by atoms with E-state index in [-0.39, 0.29) is 0 Å². The van der Waals surface area contributed by atoms with Crippen LogP contribution in [0.3, 0.4) is 0 Å². The molecule has 8 aromatic heterocycles.